The smallest absolute Gasteiger partial charge is 0.227 e. The van der Waals surface area contributed by atoms with Gasteiger partial charge in [-0.2, -0.15) is 0 Å². The van der Waals surface area contributed by atoms with Gasteiger partial charge in [-0.15, -0.1) is 0 Å². The van der Waals surface area contributed by atoms with Crippen LogP contribution in [0.4, 0.5) is 20.2 Å². The van der Waals surface area contributed by atoms with E-state index in [-0.39, 0.29) is 44.0 Å². The molecule has 2 saturated heterocycles. The fourth-order valence-corrected chi connectivity index (χ4v) is 6.55. The van der Waals surface area contributed by atoms with Gasteiger partial charge in [-0.05, 0) is 116 Å². The van der Waals surface area contributed by atoms with Gasteiger partial charge in [0.2, 0.25) is 5.91 Å². The molecule has 2 aliphatic rings. The van der Waals surface area contributed by atoms with Crippen LogP contribution < -0.4 is 20.4 Å². The second-order valence-electron chi connectivity index (χ2n) is 12.5. The lowest BCUT2D eigenvalue weighted by Gasteiger charge is -2.20. The lowest BCUT2D eigenvalue weighted by Crippen LogP contribution is -2.29. The monoisotopic (exact) mass is 689 g/mol. The highest BCUT2D eigenvalue weighted by Gasteiger charge is 2.30. The standard InChI is InChI=1S/C19H20ClFN2O.C19H22ClFN2.B/c1-13(15-3-2-4-16(20)10-15)22-11-14-9-19(24)23(12-14)18-7-5-17(21)6-8-18;1-14(16-3-2-4-17(20)11-16)22-12-15-9-10-23(13-15)19-7-5-18(21)6-8-19;/h2-8,10,13-14,22H,9,11-12H2,1H3;2-8,11,14-15,22H,9-10,12-13H2,1H3;/t13-,14?;14-,15?;/m11./s1. The Morgan fingerprint density at radius 2 is 1.23 bits per heavy atom. The van der Waals surface area contributed by atoms with Crippen molar-refractivity contribution in [3.05, 3.63) is 130 Å². The van der Waals surface area contributed by atoms with Crippen LogP contribution in [0.25, 0.3) is 0 Å². The average molecular weight is 690 g/mol. The second-order valence-corrected chi connectivity index (χ2v) is 13.4. The van der Waals surface area contributed by atoms with Crippen molar-refractivity contribution < 1.29 is 13.6 Å². The first-order valence-electron chi connectivity index (χ1n) is 16.2. The Morgan fingerprint density at radius 1 is 0.729 bits per heavy atom. The second kappa shape index (κ2) is 17.8. The molecule has 0 spiro atoms. The first-order chi connectivity index (χ1) is 22.6. The Bertz CT molecular complexity index is 1610. The van der Waals surface area contributed by atoms with Crippen LogP contribution in [0.15, 0.2) is 97.1 Å². The van der Waals surface area contributed by atoms with Crippen molar-refractivity contribution in [1.29, 1.82) is 0 Å². The van der Waals surface area contributed by atoms with Gasteiger partial charge in [0, 0.05) is 81.1 Å². The quantitative estimate of drug-likeness (QED) is 0.164. The highest BCUT2D eigenvalue weighted by Crippen LogP contribution is 2.27. The van der Waals surface area contributed by atoms with Crippen molar-refractivity contribution in [2.45, 2.75) is 38.8 Å². The number of amides is 1. The molecule has 2 fully saturated rings. The lowest BCUT2D eigenvalue weighted by atomic mass is 10.1. The Balaban J connectivity index is 0.000000212. The largest absolute Gasteiger partial charge is 0.371 e. The zero-order valence-electron chi connectivity index (χ0n) is 27.4. The summed E-state index contributed by atoms with van der Waals surface area (Å²) < 4.78 is 26.0. The number of nitrogens with zero attached hydrogens (tertiary/aromatic N) is 2. The van der Waals surface area contributed by atoms with E-state index in [9.17, 15) is 13.6 Å². The molecule has 0 bridgehead atoms. The Morgan fingerprint density at radius 3 is 1.75 bits per heavy atom. The number of halogens is 4. The fourth-order valence-electron chi connectivity index (χ4n) is 6.15. The van der Waals surface area contributed by atoms with E-state index in [1.165, 1.54) is 29.8 Å². The van der Waals surface area contributed by atoms with Gasteiger partial charge in [0.05, 0.1) is 0 Å². The highest BCUT2D eigenvalue weighted by molar-refractivity contribution is 6.30. The van der Waals surface area contributed by atoms with Crippen LogP contribution in [0, 0.1) is 23.5 Å². The Labute approximate surface area is 295 Å². The summed E-state index contributed by atoms with van der Waals surface area (Å²) in [5, 5.41) is 8.58. The van der Waals surface area contributed by atoms with E-state index >= 15 is 0 Å². The van der Waals surface area contributed by atoms with Gasteiger partial charge in [0.15, 0.2) is 0 Å². The molecule has 48 heavy (non-hydrogen) atoms. The third-order valence-corrected chi connectivity index (χ3v) is 9.41. The molecule has 3 radical (unpaired) electrons. The summed E-state index contributed by atoms with van der Waals surface area (Å²) in [4.78, 5) is 16.3. The minimum atomic E-state index is -0.293. The zero-order chi connectivity index (χ0) is 33.3. The zero-order valence-corrected chi connectivity index (χ0v) is 28.9. The summed E-state index contributed by atoms with van der Waals surface area (Å²) in [5.41, 5.74) is 4.21. The molecule has 251 valence electrons. The lowest BCUT2D eigenvalue weighted by molar-refractivity contribution is -0.117. The van der Waals surface area contributed by atoms with Crippen LogP contribution >= 0.6 is 23.2 Å². The third kappa shape index (κ3) is 10.5. The maximum absolute atomic E-state index is 13.0. The number of rotatable bonds is 10. The topological polar surface area (TPSA) is 47.6 Å². The number of hydrogen-bond donors (Lipinski definition) is 2. The molecule has 0 aliphatic carbocycles. The van der Waals surface area contributed by atoms with Gasteiger partial charge >= 0.3 is 0 Å². The molecule has 4 atom stereocenters. The average Bonchev–Trinajstić information content (AvgIpc) is 3.70. The van der Waals surface area contributed by atoms with E-state index in [1.807, 2.05) is 54.6 Å². The summed E-state index contributed by atoms with van der Waals surface area (Å²) in [5.74, 6) is 0.468. The molecular formula is C38H42BCl2F2N4O. The van der Waals surface area contributed by atoms with Gasteiger partial charge in [-0.3, -0.25) is 4.79 Å². The van der Waals surface area contributed by atoms with E-state index in [1.54, 1.807) is 17.0 Å². The maximum Gasteiger partial charge on any atom is 0.227 e. The predicted octanol–water partition coefficient (Wildman–Crippen LogP) is 8.46. The third-order valence-electron chi connectivity index (χ3n) is 8.94. The fraction of sp³-hybridized carbons (Fsp3) is 0.342. The summed E-state index contributed by atoms with van der Waals surface area (Å²) in [6, 6.07) is 29.1. The maximum atomic E-state index is 13.0. The number of benzene rings is 4. The number of hydrogen-bond acceptors (Lipinski definition) is 4. The number of nitrogens with one attached hydrogen (secondary N) is 2. The number of carbonyl (C=O) groups is 1. The SMILES string of the molecule is C[C@@H](NCC1CC(=O)N(c2ccc(F)cc2)C1)c1cccc(Cl)c1.C[C@@H](NCC1CCN(c2ccc(F)cc2)C1)c1cccc(Cl)c1.[B]. The van der Waals surface area contributed by atoms with Gasteiger partial charge in [-0.25, -0.2) is 8.78 Å². The molecule has 10 heteroatoms. The summed E-state index contributed by atoms with van der Waals surface area (Å²) in [7, 11) is 0. The predicted molar refractivity (Wildman–Crippen MR) is 195 cm³/mol. The summed E-state index contributed by atoms with van der Waals surface area (Å²) in [6.45, 7) is 8.67. The van der Waals surface area contributed by atoms with E-state index < -0.39 is 0 Å². The van der Waals surface area contributed by atoms with Crippen molar-refractivity contribution in [3.63, 3.8) is 0 Å². The molecule has 4 aromatic carbocycles. The van der Waals surface area contributed by atoms with Crippen LogP contribution in [-0.2, 0) is 4.79 Å². The van der Waals surface area contributed by atoms with Crippen molar-refractivity contribution in [2.75, 3.05) is 42.5 Å². The minimum Gasteiger partial charge on any atom is -0.371 e. The highest BCUT2D eigenvalue weighted by atomic mass is 35.5. The molecule has 0 saturated carbocycles. The van der Waals surface area contributed by atoms with Crippen molar-refractivity contribution in [3.8, 4) is 0 Å². The summed E-state index contributed by atoms with van der Waals surface area (Å²) >= 11 is 12.1. The van der Waals surface area contributed by atoms with Gasteiger partial charge < -0.3 is 20.4 Å². The Hall–Kier alpha value is -3.43. The van der Waals surface area contributed by atoms with Crippen LogP contribution in [0.3, 0.4) is 0 Å². The molecular weight excluding hydrogens is 648 g/mol. The van der Waals surface area contributed by atoms with Crippen LogP contribution in [-0.4, -0.2) is 47.0 Å². The van der Waals surface area contributed by atoms with Gasteiger partial charge in [0.1, 0.15) is 11.6 Å². The van der Waals surface area contributed by atoms with E-state index in [4.69, 9.17) is 23.2 Å². The molecule has 2 unspecified atom stereocenters. The van der Waals surface area contributed by atoms with Crippen molar-refractivity contribution in [2.24, 2.45) is 11.8 Å². The van der Waals surface area contributed by atoms with E-state index in [0.717, 1.165) is 59.6 Å². The van der Waals surface area contributed by atoms with Crippen molar-refractivity contribution >= 4 is 48.9 Å². The molecule has 2 aliphatic heterocycles. The molecule has 2 heterocycles. The molecule has 0 aromatic heterocycles. The van der Waals surface area contributed by atoms with E-state index in [2.05, 4.69) is 35.4 Å². The van der Waals surface area contributed by atoms with Gasteiger partial charge in [0.25, 0.3) is 0 Å². The van der Waals surface area contributed by atoms with Crippen LogP contribution in [0.2, 0.25) is 10.0 Å². The molecule has 5 nitrogen and oxygen atoms in total. The molecule has 6 rings (SSSR count). The first-order valence-corrected chi connectivity index (χ1v) is 16.9. The van der Waals surface area contributed by atoms with Crippen molar-refractivity contribution in [1.82, 2.24) is 10.6 Å². The number of anilines is 2. The molecule has 2 N–H and O–H groups in total. The first kappa shape index (κ1) is 37.4. The number of carbonyl (C=O) groups excluding carboxylic acids is 1. The van der Waals surface area contributed by atoms with E-state index in [0.29, 0.717) is 18.9 Å². The van der Waals surface area contributed by atoms with Crippen LogP contribution in [0.5, 0.6) is 0 Å². The molecule has 4 aromatic rings. The minimum absolute atomic E-state index is 0. The Kier molecular flexibility index (Phi) is 13.9. The van der Waals surface area contributed by atoms with Crippen LogP contribution in [0.1, 0.15) is 49.9 Å². The summed E-state index contributed by atoms with van der Waals surface area (Å²) in [6.07, 6.45) is 1.67. The molecule has 1 amide bonds. The van der Waals surface area contributed by atoms with Gasteiger partial charge in [-0.1, -0.05) is 47.5 Å². The normalized spacial score (nSPS) is 18.6.